The Hall–Kier alpha value is -1.07. The molecule has 1 fully saturated rings. The van der Waals surface area contributed by atoms with Crippen LogP contribution in [-0.4, -0.2) is 21.0 Å². The third-order valence-electron chi connectivity index (χ3n) is 3.91. The van der Waals surface area contributed by atoms with Crippen molar-refractivity contribution in [3.05, 3.63) is 23.8 Å². The molecule has 1 aliphatic heterocycles. The highest BCUT2D eigenvalue weighted by Crippen LogP contribution is 2.45. The van der Waals surface area contributed by atoms with Gasteiger partial charge in [0.15, 0.2) is 0 Å². The monoisotopic (exact) mass is 266 g/mol. The number of hydrogen-bond acceptors (Lipinski definition) is 3. The summed E-state index contributed by atoms with van der Waals surface area (Å²) in [7, 11) is -3.38. The normalized spacial score (nSPS) is 24.4. The standard InChI is InChI=1S/C13H18N2O2S/c1-13(2)8-12(13)15-18(16,17)10-4-3-9-5-6-14-11(9)7-10/h3-4,7,12,14-15H,5-6,8H2,1-2H3. The number of hydrogen-bond donors (Lipinski definition) is 2. The van der Waals surface area contributed by atoms with E-state index in [4.69, 9.17) is 0 Å². The van der Waals surface area contributed by atoms with E-state index in [9.17, 15) is 8.42 Å². The van der Waals surface area contributed by atoms with Gasteiger partial charge in [0, 0.05) is 18.3 Å². The molecule has 1 aromatic carbocycles. The van der Waals surface area contributed by atoms with Crippen LogP contribution in [0.1, 0.15) is 25.8 Å². The van der Waals surface area contributed by atoms with Gasteiger partial charge in [-0.3, -0.25) is 0 Å². The van der Waals surface area contributed by atoms with E-state index in [2.05, 4.69) is 23.9 Å². The summed E-state index contributed by atoms with van der Waals surface area (Å²) in [6.45, 7) is 5.04. The molecule has 0 radical (unpaired) electrons. The summed E-state index contributed by atoms with van der Waals surface area (Å²) >= 11 is 0. The van der Waals surface area contributed by atoms with E-state index in [-0.39, 0.29) is 11.5 Å². The second-order valence-electron chi connectivity index (χ2n) is 5.86. The van der Waals surface area contributed by atoms with Crippen LogP contribution >= 0.6 is 0 Å². The van der Waals surface area contributed by atoms with Crippen molar-refractivity contribution in [1.29, 1.82) is 0 Å². The maximum atomic E-state index is 12.2. The second kappa shape index (κ2) is 3.71. The molecule has 0 amide bonds. The van der Waals surface area contributed by atoms with Gasteiger partial charge in [-0.15, -0.1) is 0 Å². The van der Waals surface area contributed by atoms with Crippen LogP contribution in [0.2, 0.25) is 0 Å². The Morgan fingerprint density at radius 2 is 2.11 bits per heavy atom. The fraction of sp³-hybridized carbons (Fsp3) is 0.538. The summed E-state index contributed by atoms with van der Waals surface area (Å²) in [4.78, 5) is 0.360. The molecule has 1 heterocycles. The van der Waals surface area contributed by atoms with E-state index in [0.29, 0.717) is 4.90 Å². The van der Waals surface area contributed by atoms with Crippen LogP contribution in [-0.2, 0) is 16.4 Å². The zero-order valence-electron chi connectivity index (χ0n) is 10.7. The van der Waals surface area contributed by atoms with Crippen LogP contribution in [0.25, 0.3) is 0 Å². The summed E-state index contributed by atoms with van der Waals surface area (Å²) in [5.41, 5.74) is 2.25. The van der Waals surface area contributed by atoms with Crippen LogP contribution in [0, 0.1) is 5.41 Å². The fourth-order valence-corrected chi connectivity index (χ4v) is 3.79. The number of sulfonamides is 1. The van der Waals surface area contributed by atoms with Gasteiger partial charge in [0.05, 0.1) is 4.90 Å². The van der Waals surface area contributed by atoms with Gasteiger partial charge >= 0.3 is 0 Å². The first-order valence-electron chi connectivity index (χ1n) is 6.28. The van der Waals surface area contributed by atoms with Gasteiger partial charge in [-0.05, 0) is 36.0 Å². The summed E-state index contributed by atoms with van der Waals surface area (Å²) in [6, 6.07) is 5.41. The molecule has 4 nitrogen and oxygen atoms in total. The number of rotatable bonds is 3. The summed E-state index contributed by atoms with van der Waals surface area (Å²) < 4.78 is 27.2. The van der Waals surface area contributed by atoms with E-state index in [0.717, 1.165) is 25.1 Å². The molecule has 98 valence electrons. The first-order valence-corrected chi connectivity index (χ1v) is 7.76. The summed E-state index contributed by atoms with van der Waals surface area (Å²) in [5.74, 6) is 0. The summed E-state index contributed by atoms with van der Waals surface area (Å²) in [6.07, 6.45) is 1.88. The number of nitrogens with one attached hydrogen (secondary N) is 2. The van der Waals surface area contributed by atoms with E-state index in [1.165, 1.54) is 5.56 Å². The van der Waals surface area contributed by atoms with E-state index in [1.54, 1.807) is 12.1 Å². The lowest BCUT2D eigenvalue weighted by Crippen LogP contribution is -2.28. The van der Waals surface area contributed by atoms with Crippen molar-refractivity contribution in [2.75, 3.05) is 11.9 Å². The molecule has 2 N–H and O–H groups in total. The Labute approximate surface area is 108 Å². The van der Waals surface area contributed by atoms with Crippen molar-refractivity contribution in [3.63, 3.8) is 0 Å². The van der Waals surface area contributed by atoms with Crippen molar-refractivity contribution in [2.45, 2.75) is 37.6 Å². The van der Waals surface area contributed by atoms with Crippen molar-refractivity contribution in [2.24, 2.45) is 5.41 Å². The molecule has 1 atom stereocenters. The Morgan fingerprint density at radius 3 is 2.78 bits per heavy atom. The Kier molecular flexibility index (Phi) is 2.47. The minimum absolute atomic E-state index is 0.0729. The molecule has 3 rings (SSSR count). The van der Waals surface area contributed by atoms with Crippen molar-refractivity contribution < 1.29 is 8.42 Å². The largest absolute Gasteiger partial charge is 0.384 e. The molecule has 5 heteroatoms. The zero-order valence-corrected chi connectivity index (χ0v) is 11.5. The highest BCUT2D eigenvalue weighted by atomic mass is 32.2. The minimum Gasteiger partial charge on any atom is -0.384 e. The topological polar surface area (TPSA) is 58.2 Å². The average molecular weight is 266 g/mol. The van der Waals surface area contributed by atoms with Crippen molar-refractivity contribution >= 4 is 15.7 Å². The van der Waals surface area contributed by atoms with Crippen molar-refractivity contribution in [1.82, 2.24) is 4.72 Å². The first-order chi connectivity index (χ1) is 8.38. The maximum Gasteiger partial charge on any atom is 0.240 e. The van der Waals surface area contributed by atoms with Crippen LogP contribution in [0.4, 0.5) is 5.69 Å². The molecule has 0 bridgehead atoms. The molecule has 2 aliphatic rings. The predicted octanol–water partition coefficient (Wildman–Crippen LogP) is 1.73. The zero-order chi connectivity index (χ0) is 13.0. The van der Waals surface area contributed by atoms with E-state index < -0.39 is 10.0 Å². The van der Waals surface area contributed by atoms with E-state index in [1.807, 2.05) is 6.07 Å². The Balaban J connectivity index is 1.85. The molecule has 0 aromatic heterocycles. The van der Waals surface area contributed by atoms with E-state index >= 15 is 0 Å². The third kappa shape index (κ3) is 2.01. The minimum atomic E-state index is -3.38. The van der Waals surface area contributed by atoms with Gasteiger partial charge < -0.3 is 5.32 Å². The number of fused-ring (bicyclic) bond motifs is 1. The second-order valence-corrected chi connectivity index (χ2v) is 7.58. The van der Waals surface area contributed by atoms with Crippen molar-refractivity contribution in [3.8, 4) is 0 Å². The average Bonchev–Trinajstić information content (AvgIpc) is 2.74. The molecule has 1 unspecified atom stereocenters. The molecule has 18 heavy (non-hydrogen) atoms. The highest BCUT2D eigenvalue weighted by Gasteiger charge is 2.47. The van der Waals surface area contributed by atoms with Crippen LogP contribution < -0.4 is 10.0 Å². The molecule has 1 aromatic rings. The van der Waals surface area contributed by atoms with Gasteiger partial charge in [0.1, 0.15) is 0 Å². The van der Waals surface area contributed by atoms with Gasteiger partial charge in [-0.2, -0.15) is 0 Å². The number of anilines is 1. The summed E-state index contributed by atoms with van der Waals surface area (Å²) in [5, 5.41) is 3.21. The molecule has 0 saturated heterocycles. The van der Waals surface area contributed by atoms with Crippen LogP contribution in [0.15, 0.2) is 23.1 Å². The first kappa shape index (κ1) is 12.0. The SMILES string of the molecule is CC1(C)CC1NS(=O)(=O)c1ccc2c(c1)NCC2. The maximum absolute atomic E-state index is 12.2. The Morgan fingerprint density at radius 1 is 1.39 bits per heavy atom. The lowest BCUT2D eigenvalue weighted by molar-refractivity contribution is 0.555. The highest BCUT2D eigenvalue weighted by molar-refractivity contribution is 7.89. The lowest BCUT2D eigenvalue weighted by Gasteiger charge is -2.09. The molecular formula is C13H18N2O2S. The fourth-order valence-electron chi connectivity index (χ4n) is 2.36. The van der Waals surface area contributed by atoms with Gasteiger partial charge in [0.25, 0.3) is 0 Å². The van der Waals surface area contributed by atoms with Gasteiger partial charge in [-0.1, -0.05) is 19.9 Å². The molecule has 1 saturated carbocycles. The number of benzene rings is 1. The Bertz CT molecular complexity index is 593. The lowest BCUT2D eigenvalue weighted by atomic mass is 10.2. The van der Waals surface area contributed by atoms with Gasteiger partial charge in [0.2, 0.25) is 10.0 Å². The molecule has 0 spiro atoms. The quantitative estimate of drug-likeness (QED) is 0.876. The third-order valence-corrected chi connectivity index (χ3v) is 5.38. The predicted molar refractivity (Wildman–Crippen MR) is 71.1 cm³/mol. The van der Waals surface area contributed by atoms with Crippen LogP contribution in [0.5, 0.6) is 0 Å². The van der Waals surface area contributed by atoms with Gasteiger partial charge in [-0.25, -0.2) is 13.1 Å². The molecule has 1 aliphatic carbocycles. The molecular weight excluding hydrogens is 248 g/mol. The smallest absolute Gasteiger partial charge is 0.240 e. The van der Waals surface area contributed by atoms with Crippen LogP contribution in [0.3, 0.4) is 0 Å².